The summed E-state index contributed by atoms with van der Waals surface area (Å²) in [5, 5.41) is 7.98. The number of carbonyl (C=O) groups excluding carboxylic acids is 1. The van der Waals surface area contributed by atoms with E-state index < -0.39 is 0 Å². The summed E-state index contributed by atoms with van der Waals surface area (Å²) in [6, 6.07) is 14.4. The van der Waals surface area contributed by atoms with Gasteiger partial charge in [-0.15, -0.1) is 0 Å². The minimum absolute atomic E-state index is 0.0169. The number of pyridine rings is 1. The lowest BCUT2D eigenvalue weighted by Gasteiger charge is -2.21. The molecule has 1 aromatic heterocycles. The second-order valence-electron chi connectivity index (χ2n) is 10.8. The molecule has 1 heterocycles. The molecule has 2 aromatic carbocycles. The fraction of sp³-hybridized carbons (Fsp3) is 0.467. The SMILES string of the molecule is CC(C)(C)c1ccc(N)c(NC(=O)CCCCCCNc2c3c(nc4ccccc24)CCCC3)c1. The number of benzene rings is 2. The molecule has 5 nitrogen and oxygen atoms in total. The van der Waals surface area contributed by atoms with E-state index in [1.807, 2.05) is 18.2 Å². The highest BCUT2D eigenvalue weighted by atomic mass is 16.1. The summed E-state index contributed by atoms with van der Waals surface area (Å²) >= 11 is 0. The molecule has 1 aliphatic carbocycles. The zero-order valence-electron chi connectivity index (χ0n) is 21.5. The average Bonchev–Trinajstić information content (AvgIpc) is 2.83. The molecule has 4 N–H and O–H groups in total. The van der Waals surface area contributed by atoms with Gasteiger partial charge in [0.05, 0.1) is 16.9 Å². The Balaban J connectivity index is 1.22. The van der Waals surface area contributed by atoms with Crippen molar-refractivity contribution >= 4 is 33.9 Å². The molecule has 0 radical (unpaired) electrons. The highest BCUT2D eigenvalue weighted by Crippen LogP contribution is 2.33. The van der Waals surface area contributed by atoms with Crippen molar-refractivity contribution in [1.82, 2.24) is 4.98 Å². The van der Waals surface area contributed by atoms with Gasteiger partial charge in [0, 0.05) is 29.7 Å². The number of nitrogens with two attached hydrogens (primary N) is 1. The Labute approximate surface area is 209 Å². The third-order valence-electron chi connectivity index (χ3n) is 7.00. The maximum Gasteiger partial charge on any atom is 0.224 e. The topological polar surface area (TPSA) is 80.0 Å². The molecule has 0 saturated heterocycles. The van der Waals surface area contributed by atoms with E-state index in [1.54, 1.807) is 0 Å². The van der Waals surface area contributed by atoms with E-state index in [1.165, 1.54) is 35.2 Å². The lowest BCUT2D eigenvalue weighted by Crippen LogP contribution is -2.15. The number of aromatic nitrogens is 1. The minimum atomic E-state index is 0.0169. The number of hydrogen-bond donors (Lipinski definition) is 3. The molecule has 0 bridgehead atoms. The summed E-state index contributed by atoms with van der Waals surface area (Å²) in [6.45, 7) is 7.42. The first-order valence-electron chi connectivity index (χ1n) is 13.2. The number of nitrogen functional groups attached to an aromatic ring is 1. The molecule has 0 saturated carbocycles. The number of hydrogen-bond acceptors (Lipinski definition) is 4. The lowest BCUT2D eigenvalue weighted by atomic mass is 9.86. The van der Waals surface area contributed by atoms with Crippen LogP contribution < -0.4 is 16.4 Å². The molecule has 186 valence electrons. The van der Waals surface area contributed by atoms with Crippen LogP contribution in [0.25, 0.3) is 10.9 Å². The molecule has 1 aliphatic rings. The van der Waals surface area contributed by atoms with E-state index in [0.29, 0.717) is 12.1 Å². The molecule has 0 aliphatic heterocycles. The molecule has 4 rings (SSSR count). The lowest BCUT2D eigenvalue weighted by molar-refractivity contribution is -0.116. The third-order valence-corrected chi connectivity index (χ3v) is 7.00. The molecule has 0 fully saturated rings. The van der Waals surface area contributed by atoms with E-state index in [9.17, 15) is 4.79 Å². The molecular weight excluding hydrogens is 432 g/mol. The fourth-order valence-corrected chi connectivity index (χ4v) is 4.90. The van der Waals surface area contributed by atoms with Crippen LogP contribution in [0.15, 0.2) is 42.5 Å². The van der Waals surface area contributed by atoms with Crippen molar-refractivity contribution in [1.29, 1.82) is 0 Å². The quantitative estimate of drug-likeness (QED) is 0.231. The Morgan fingerprint density at radius 2 is 1.77 bits per heavy atom. The second kappa shape index (κ2) is 11.1. The number of anilines is 3. The fourth-order valence-electron chi connectivity index (χ4n) is 4.90. The standard InChI is InChI=1S/C30H40N4O/c1-30(2,3)21-17-18-24(31)27(20-21)34-28(35)16-6-4-5-11-19-32-29-22-12-7-9-14-25(22)33-26-15-10-8-13-23(26)29/h7,9,12,14,17-18,20H,4-6,8,10-11,13,15-16,19,31H2,1-3H3,(H,32,33)(H,34,35). The Kier molecular flexibility index (Phi) is 7.94. The van der Waals surface area contributed by atoms with Crippen LogP contribution in [0.3, 0.4) is 0 Å². The van der Waals surface area contributed by atoms with Crippen LogP contribution in [0.5, 0.6) is 0 Å². The first kappa shape index (κ1) is 25.0. The van der Waals surface area contributed by atoms with Gasteiger partial charge in [0.15, 0.2) is 0 Å². The molecule has 0 spiro atoms. The van der Waals surface area contributed by atoms with Crippen molar-refractivity contribution in [2.45, 2.75) is 84.0 Å². The van der Waals surface area contributed by atoms with Crippen molar-refractivity contribution in [3.63, 3.8) is 0 Å². The summed E-state index contributed by atoms with van der Waals surface area (Å²) in [4.78, 5) is 17.4. The second-order valence-corrected chi connectivity index (χ2v) is 10.8. The van der Waals surface area contributed by atoms with Crippen LogP contribution >= 0.6 is 0 Å². The maximum atomic E-state index is 12.5. The Morgan fingerprint density at radius 1 is 1.00 bits per heavy atom. The number of fused-ring (bicyclic) bond motifs is 2. The van der Waals surface area contributed by atoms with E-state index in [0.717, 1.165) is 61.8 Å². The molecule has 1 amide bonds. The first-order chi connectivity index (χ1) is 16.8. The molecule has 0 unspecified atom stereocenters. The Morgan fingerprint density at radius 3 is 2.60 bits per heavy atom. The normalized spacial score (nSPS) is 13.5. The van der Waals surface area contributed by atoms with Gasteiger partial charge in [0.1, 0.15) is 0 Å². The van der Waals surface area contributed by atoms with Crippen LogP contribution in [0.1, 0.15) is 82.5 Å². The van der Waals surface area contributed by atoms with E-state index in [4.69, 9.17) is 10.7 Å². The van der Waals surface area contributed by atoms with Gasteiger partial charge >= 0.3 is 0 Å². The number of unbranched alkanes of at least 4 members (excludes halogenated alkanes) is 3. The van der Waals surface area contributed by atoms with Crippen LogP contribution in [0.4, 0.5) is 17.1 Å². The summed E-state index contributed by atoms with van der Waals surface area (Å²) in [5.74, 6) is 0.0377. The number of rotatable bonds is 9. The van der Waals surface area contributed by atoms with Gasteiger partial charge in [-0.2, -0.15) is 0 Å². The van der Waals surface area contributed by atoms with Gasteiger partial charge < -0.3 is 16.4 Å². The average molecular weight is 473 g/mol. The molecular formula is C30H40N4O. The number of amides is 1. The van der Waals surface area contributed by atoms with E-state index in [-0.39, 0.29) is 11.3 Å². The summed E-state index contributed by atoms with van der Waals surface area (Å²) in [6.07, 6.45) is 9.34. The number of aryl methyl sites for hydroxylation is 1. The van der Waals surface area contributed by atoms with Crippen molar-refractivity contribution in [3.8, 4) is 0 Å². The van der Waals surface area contributed by atoms with Gasteiger partial charge in [-0.05, 0) is 73.3 Å². The Hall–Kier alpha value is -3.08. The number of nitrogens with one attached hydrogen (secondary N) is 2. The molecule has 3 aromatic rings. The van der Waals surface area contributed by atoms with Crippen molar-refractivity contribution < 1.29 is 4.79 Å². The van der Waals surface area contributed by atoms with Gasteiger partial charge in [-0.3, -0.25) is 9.78 Å². The van der Waals surface area contributed by atoms with Crippen LogP contribution in [-0.2, 0) is 23.1 Å². The predicted molar refractivity (Wildman–Crippen MR) is 148 cm³/mol. The highest BCUT2D eigenvalue weighted by Gasteiger charge is 2.18. The largest absolute Gasteiger partial charge is 0.397 e. The van der Waals surface area contributed by atoms with Crippen LogP contribution in [0, 0.1) is 0 Å². The van der Waals surface area contributed by atoms with Crippen molar-refractivity contribution in [3.05, 3.63) is 59.3 Å². The van der Waals surface area contributed by atoms with Crippen molar-refractivity contribution in [2.75, 3.05) is 22.9 Å². The maximum absolute atomic E-state index is 12.5. The number of nitrogens with zero attached hydrogens (tertiary/aromatic N) is 1. The van der Waals surface area contributed by atoms with Crippen molar-refractivity contribution in [2.24, 2.45) is 0 Å². The van der Waals surface area contributed by atoms with Crippen LogP contribution in [-0.4, -0.2) is 17.4 Å². The molecule has 0 atom stereocenters. The molecule has 35 heavy (non-hydrogen) atoms. The summed E-state index contributed by atoms with van der Waals surface area (Å²) < 4.78 is 0. The van der Waals surface area contributed by atoms with Gasteiger partial charge in [-0.1, -0.05) is 57.9 Å². The van der Waals surface area contributed by atoms with E-state index >= 15 is 0 Å². The van der Waals surface area contributed by atoms with Gasteiger partial charge in [-0.25, -0.2) is 0 Å². The number of carbonyl (C=O) groups is 1. The third kappa shape index (κ3) is 6.33. The number of para-hydroxylation sites is 1. The summed E-state index contributed by atoms with van der Waals surface area (Å²) in [7, 11) is 0. The summed E-state index contributed by atoms with van der Waals surface area (Å²) in [5.41, 5.74) is 13.7. The zero-order chi connectivity index (χ0) is 24.8. The zero-order valence-corrected chi connectivity index (χ0v) is 21.5. The van der Waals surface area contributed by atoms with E-state index in [2.05, 4.69) is 55.7 Å². The van der Waals surface area contributed by atoms with Gasteiger partial charge in [0.2, 0.25) is 5.91 Å². The smallest absolute Gasteiger partial charge is 0.224 e. The first-order valence-corrected chi connectivity index (χ1v) is 13.2. The minimum Gasteiger partial charge on any atom is -0.397 e. The van der Waals surface area contributed by atoms with Gasteiger partial charge in [0.25, 0.3) is 0 Å². The highest BCUT2D eigenvalue weighted by molar-refractivity contribution is 5.94. The molecule has 5 heteroatoms. The monoisotopic (exact) mass is 472 g/mol. The van der Waals surface area contributed by atoms with Crippen LogP contribution in [0.2, 0.25) is 0 Å². The Bertz CT molecular complexity index is 1180. The predicted octanol–water partition coefficient (Wildman–Crippen LogP) is 6.99.